The first kappa shape index (κ1) is 30.7. The molecule has 0 spiro atoms. The number of carbonyl (C=O) groups is 3. The first-order valence-electron chi connectivity index (χ1n) is 14.3. The Labute approximate surface area is 257 Å². The van der Waals surface area contributed by atoms with Gasteiger partial charge in [0.1, 0.15) is 28.6 Å². The van der Waals surface area contributed by atoms with Gasteiger partial charge in [-0.15, -0.1) is 0 Å². The molecule has 1 atom stereocenters. The molecule has 2 aliphatic rings. The molecule has 12 heteroatoms. The minimum absolute atomic E-state index is 0.125. The highest BCUT2D eigenvalue weighted by Gasteiger charge is 2.39. The molecule has 1 aromatic heterocycles. The highest BCUT2D eigenvalue weighted by atomic mass is 32.1. The van der Waals surface area contributed by atoms with Crippen molar-refractivity contribution in [2.24, 2.45) is 4.99 Å². The minimum Gasteiger partial charge on any atom is -0.497 e. The molecule has 3 aromatic rings. The second-order valence-electron chi connectivity index (χ2n) is 9.93. The Balaban J connectivity index is 1.83. The van der Waals surface area contributed by atoms with Crippen LogP contribution in [0.15, 0.2) is 63.5 Å². The van der Waals surface area contributed by atoms with E-state index < -0.39 is 29.4 Å². The van der Waals surface area contributed by atoms with E-state index in [0.29, 0.717) is 51.7 Å². The van der Waals surface area contributed by atoms with Crippen molar-refractivity contribution >= 4 is 40.4 Å². The summed E-state index contributed by atoms with van der Waals surface area (Å²) >= 11 is 1.06. The lowest BCUT2D eigenvalue weighted by atomic mass is 9.93. The van der Waals surface area contributed by atoms with Crippen molar-refractivity contribution in [1.29, 1.82) is 0 Å². The van der Waals surface area contributed by atoms with E-state index in [1.165, 1.54) is 23.7 Å². The van der Waals surface area contributed by atoms with Gasteiger partial charge in [0.2, 0.25) is 0 Å². The number of esters is 2. The van der Waals surface area contributed by atoms with Gasteiger partial charge in [0, 0.05) is 11.1 Å². The van der Waals surface area contributed by atoms with Crippen molar-refractivity contribution in [2.45, 2.75) is 39.7 Å². The number of ether oxygens (including phenoxy) is 4. The molecule has 1 amide bonds. The maximum Gasteiger partial charge on any atom is 0.338 e. The van der Waals surface area contributed by atoms with E-state index in [1.54, 1.807) is 56.3 Å². The molecule has 0 N–H and O–H groups in total. The molecule has 44 heavy (non-hydrogen) atoms. The normalized spacial score (nSPS) is 16.7. The van der Waals surface area contributed by atoms with Gasteiger partial charge in [0.15, 0.2) is 4.80 Å². The average molecular weight is 620 g/mol. The molecule has 0 aliphatic carbocycles. The Morgan fingerprint density at radius 3 is 2.41 bits per heavy atom. The molecular formula is C32H33N3O8S. The monoisotopic (exact) mass is 619 g/mol. The number of para-hydroxylation sites is 1. The molecule has 2 aliphatic heterocycles. The molecule has 5 rings (SSSR count). The third-order valence-corrected chi connectivity index (χ3v) is 8.40. The van der Waals surface area contributed by atoms with Crippen LogP contribution in [0.3, 0.4) is 0 Å². The third-order valence-electron chi connectivity index (χ3n) is 7.34. The molecular weight excluding hydrogens is 586 g/mol. The fourth-order valence-electron chi connectivity index (χ4n) is 5.51. The van der Waals surface area contributed by atoms with Crippen molar-refractivity contribution in [2.75, 3.05) is 38.9 Å². The van der Waals surface area contributed by atoms with Crippen LogP contribution in [-0.2, 0) is 23.9 Å². The third kappa shape index (κ3) is 5.30. The van der Waals surface area contributed by atoms with Crippen molar-refractivity contribution in [3.05, 3.63) is 84.5 Å². The summed E-state index contributed by atoms with van der Waals surface area (Å²) in [6, 6.07) is 11.1. The second kappa shape index (κ2) is 12.9. The van der Waals surface area contributed by atoms with Crippen LogP contribution in [0, 0.1) is 0 Å². The zero-order chi connectivity index (χ0) is 31.5. The molecule has 0 bridgehead atoms. The van der Waals surface area contributed by atoms with Crippen LogP contribution in [0.2, 0.25) is 0 Å². The van der Waals surface area contributed by atoms with Gasteiger partial charge in [-0.1, -0.05) is 42.9 Å². The van der Waals surface area contributed by atoms with Crippen molar-refractivity contribution in [3.8, 4) is 11.5 Å². The Bertz CT molecular complexity index is 1860. The van der Waals surface area contributed by atoms with Gasteiger partial charge >= 0.3 is 11.9 Å². The number of carbonyl (C=O) groups excluding carboxylic acids is 3. The van der Waals surface area contributed by atoms with Crippen LogP contribution in [0.5, 0.6) is 11.5 Å². The van der Waals surface area contributed by atoms with E-state index in [4.69, 9.17) is 23.9 Å². The first-order chi connectivity index (χ1) is 21.3. The zero-order valence-electron chi connectivity index (χ0n) is 25.2. The molecule has 0 saturated heterocycles. The summed E-state index contributed by atoms with van der Waals surface area (Å²) in [5.74, 6) is -0.741. The number of amides is 1. The number of anilines is 1. The lowest BCUT2D eigenvalue weighted by Crippen LogP contribution is -2.41. The van der Waals surface area contributed by atoms with Gasteiger partial charge in [-0.3, -0.25) is 23.9 Å². The van der Waals surface area contributed by atoms with E-state index in [9.17, 15) is 19.2 Å². The first-order valence-corrected chi connectivity index (χ1v) is 15.1. The number of allylic oxidation sites excluding steroid dienone is 1. The zero-order valence-corrected chi connectivity index (χ0v) is 26.0. The molecule has 230 valence electrons. The van der Waals surface area contributed by atoms with Gasteiger partial charge < -0.3 is 18.9 Å². The van der Waals surface area contributed by atoms with Crippen LogP contribution in [-0.4, -0.2) is 56.4 Å². The second-order valence-corrected chi connectivity index (χ2v) is 10.9. The smallest absolute Gasteiger partial charge is 0.338 e. The largest absolute Gasteiger partial charge is 0.497 e. The molecule has 0 unspecified atom stereocenters. The summed E-state index contributed by atoms with van der Waals surface area (Å²) in [5, 5.41) is 0. The van der Waals surface area contributed by atoms with E-state index >= 15 is 0 Å². The Morgan fingerprint density at radius 2 is 1.73 bits per heavy atom. The van der Waals surface area contributed by atoms with Gasteiger partial charge in [-0.25, -0.2) is 9.79 Å². The minimum atomic E-state index is -0.978. The number of benzene rings is 2. The highest BCUT2D eigenvalue weighted by molar-refractivity contribution is 7.07. The average Bonchev–Trinajstić information content (AvgIpc) is 3.48. The highest BCUT2D eigenvalue weighted by Crippen LogP contribution is 2.39. The summed E-state index contributed by atoms with van der Waals surface area (Å²) in [4.78, 5) is 60.8. The Kier molecular flexibility index (Phi) is 9.00. The number of hydrogen-bond donors (Lipinski definition) is 0. The summed E-state index contributed by atoms with van der Waals surface area (Å²) in [6.45, 7) is 5.36. The SMILES string of the molecule is CCCC1=C(C(=O)OCC)[C@H](c2cc(OC)ccc2OC)n2c(s/c(=C3\C(=O)N(CC(=O)OCC)c4ccccc43)c2=O)=N1. The molecule has 2 aromatic carbocycles. The van der Waals surface area contributed by atoms with Gasteiger partial charge in [-0.2, -0.15) is 0 Å². The van der Waals surface area contributed by atoms with E-state index in [2.05, 4.69) is 0 Å². The van der Waals surface area contributed by atoms with Gasteiger partial charge in [0.25, 0.3) is 11.5 Å². The number of aromatic nitrogens is 1. The lowest BCUT2D eigenvalue weighted by molar-refractivity contribution is -0.142. The predicted octanol–water partition coefficient (Wildman–Crippen LogP) is 2.88. The molecule has 0 saturated carbocycles. The van der Waals surface area contributed by atoms with Crippen molar-refractivity contribution in [1.82, 2.24) is 4.57 Å². The lowest BCUT2D eigenvalue weighted by Gasteiger charge is -2.27. The van der Waals surface area contributed by atoms with Crippen LogP contribution < -0.4 is 29.3 Å². The number of thiazole rings is 1. The number of methoxy groups -OCH3 is 2. The summed E-state index contributed by atoms with van der Waals surface area (Å²) in [5.41, 5.74) is 1.85. The predicted molar refractivity (Wildman–Crippen MR) is 164 cm³/mol. The van der Waals surface area contributed by atoms with E-state index in [-0.39, 0.29) is 35.4 Å². The topological polar surface area (TPSA) is 126 Å². The molecule has 0 radical (unpaired) electrons. The molecule has 11 nitrogen and oxygen atoms in total. The fourth-order valence-corrected chi connectivity index (χ4v) is 6.62. The van der Waals surface area contributed by atoms with Crippen LogP contribution in [0.4, 0.5) is 5.69 Å². The van der Waals surface area contributed by atoms with Crippen molar-refractivity contribution < 1.29 is 33.3 Å². The Hall–Kier alpha value is -4.71. The van der Waals surface area contributed by atoms with Gasteiger partial charge in [-0.05, 0) is 44.5 Å². The van der Waals surface area contributed by atoms with E-state index in [1.807, 2.05) is 6.92 Å². The molecule has 0 fully saturated rings. The molecule has 3 heterocycles. The maximum atomic E-state index is 14.5. The number of nitrogens with zero attached hydrogens (tertiary/aromatic N) is 3. The quantitative estimate of drug-likeness (QED) is 0.317. The number of rotatable bonds is 10. The fraction of sp³-hybridized carbons (Fsp3) is 0.344. The van der Waals surface area contributed by atoms with Crippen LogP contribution >= 0.6 is 11.3 Å². The van der Waals surface area contributed by atoms with Gasteiger partial charge in [0.05, 0.1) is 50.0 Å². The Morgan fingerprint density at radius 1 is 0.977 bits per heavy atom. The van der Waals surface area contributed by atoms with Crippen LogP contribution in [0.1, 0.15) is 50.8 Å². The summed E-state index contributed by atoms with van der Waals surface area (Å²) in [7, 11) is 3.03. The van der Waals surface area contributed by atoms with E-state index in [0.717, 1.165) is 11.3 Å². The van der Waals surface area contributed by atoms with Crippen molar-refractivity contribution in [3.63, 3.8) is 0 Å². The maximum absolute atomic E-state index is 14.5. The standard InChI is InChI=1S/C32H33N3O8S/c1-6-11-21-26(31(39)43-8-3)27(20-16-18(40-4)14-15-23(20)41-5)35-30(38)28(44-32(35)33-21)25-19-12-9-10-13-22(19)34(29(25)37)17-24(36)42-7-2/h9-10,12-16,27H,6-8,11,17H2,1-5H3/b28-25-/t27-/m0/s1. The summed E-state index contributed by atoms with van der Waals surface area (Å²) < 4.78 is 23.3. The number of fused-ring (bicyclic) bond motifs is 2. The van der Waals surface area contributed by atoms with Crippen LogP contribution in [0.25, 0.3) is 5.57 Å². The number of hydrogen-bond acceptors (Lipinski definition) is 10. The summed E-state index contributed by atoms with van der Waals surface area (Å²) in [6.07, 6.45) is 1.13.